The van der Waals surface area contributed by atoms with E-state index in [0.717, 1.165) is 0 Å². The third-order valence-corrected chi connectivity index (χ3v) is 1.75. The predicted molar refractivity (Wildman–Crippen MR) is 60.4 cm³/mol. The fourth-order valence-electron chi connectivity index (χ4n) is 1.13. The maximum atomic E-state index is 11.5. The Hall–Kier alpha value is -2.37. The minimum Gasteiger partial charge on any atom is -0.370 e. The van der Waals surface area contributed by atoms with Crippen LogP contribution in [0.3, 0.4) is 0 Å². The highest BCUT2D eigenvalue weighted by Crippen LogP contribution is 2.09. The first-order valence-electron chi connectivity index (χ1n) is 4.56. The summed E-state index contributed by atoms with van der Waals surface area (Å²) in [7, 11) is 0. The number of anilines is 1. The first-order valence-corrected chi connectivity index (χ1v) is 4.56. The summed E-state index contributed by atoms with van der Waals surface area (Å²) in [5.74, 6) is -0.551. The molecule has 0 radical (unpaired) electrons. The number of amides is 1. The Morgan fingerprint density at radius 1 is 1.50 bits per heavy atom. The number of rotatable bonds is 4. The number of hydrogen-bond donors (Lipinski definition) is 4. The zero-order valence-electron chi connectivity index (χ0n) is 8.49. The van der Waals surface area contributed by atoms with Crippen molar-refractivity contribution in [3.8, 4) is 0 Å². The van der Waals surface area contributed by atoms with Crippen LogP contribution in [0.15, 0.2) is 24.3 Å². The molecule has 0 saturated heterocycles. The number of aldehydes is 1. The van der Waals surface area contributed by atoms with Crippen LogP contribution in [0.5, 0.6) is 0 Å². The molecular weight excluding hydrogens is 208 g/mol. The Morgan fingerprint density at radius 3 is 2.88 bits per heavy atom. The van der Waals surface area contributed by atoms with Gasteiger partial charge in [-0.1, -0.05) is 6.07 Å². The highest BCUT2D eigenvalue weighted by molar-refractivity contribution is 5.97. The molecule has 0 unspecified atom stereocenters. The highest BCUT2D eigenvalue weighted by Gasteiger charge is 2.05. The SMILES string of the molecule is N=C(N)Nc1cccc(C(=O)NCC=O)c1. The van der Waals surface area contributed by atoms with E-state index in [2.05, 4.69) is 10.6 Å². The van der Waals surface area contributed by atoms with Crippen LogP contribution in [-0.2, 0) is 4.79 Å². The quantitative estimate of drug-likeness (QED) is 0.323. The van der Waals surface area contributed by atoms with E-state index in [1.54, 1.807) is 24.3 Å². The fourth-order valence-corrected chi connectivity index (χ4v) is 1.13. The normalized spacial score (nSPS) is 9.25. The van der Waals surface area contributed by atoms with Crippen LogP contribution in [0.4, 0.5) is 5.69 Å². The Bertz CT molecular complexity index is 417. The molecule has 16 heavy (non-hydrogen) atoms. The van der Waals surface area contributed by atoms with E-state index in [-0.39, 0.29) is 18.4 Å². The summed E-state index contributed by atoms with van der Waals surface area (Å²) in [5, 5.41) is 12.0. The number of nitrogens with two attached hydrogens (primary N) is 1. The first kappa shape index (κ1) is 11.7. The minimum absolute atomic E-state index is 0.0246. The molecule has 0 fully saturated rings. The molecule has 0 heterocycles. The number of carbonyl (C=O) groups is 2. The molecule has 1 aromatic carbocycles. The zero-order valence-corrected chi connectivity index (χ0v) is 8.49. The van der Waals surface area contributed by atoms with Gasteiger partial charge in [0.1, 0.15) is 6.29 Å². The molecule has 0 bridgehead atoms. The van der Waals surface area contributed by atoms with Crippen LogP contribution in [-0.4, -0.2) is 24.7 Å². The Balaban J connectivity index is 2.77. The molecule has 1 amide bonds. The smallest absolute Gasteiger partial charge is 0.251 e. The number of carbonyl (C=O) groups excluding carboxylic acids is 2. The molecule has 1 rings (SSSR count). The molecule has 5 N–H and O–H groups in total. The third-order valence-electron chi connectivity index (χ3n) is 1.75. The summed E-state index contributed by atoms with van der Waals surface area (Å²) in [6.07, 6.45) is 0.607. The molecule has 0 spiro atoms. The van der Waals surface area contributed by atoms with Gasteiger partial charge in [0, 0.05) is 11.3 Å². The van der Waals surface area contributed by atoms with Gasteiger partial charge in [0.05, 0.1) is 6.54 Å². The van der Waals surface area contributed by atoms with Gasteiger partial charge >= 0.3 is 0 Å². The van der Waals surface area contributed by atoms with Gasteiger partial charge in [-0.2, -0.15) is 0 Å². The van der Waals surface area contributed by atoms with Crippen molar-refractivity contribution in [1.29, 1.82) is 5.41 Å². The standard InChI is InChI=1S/C10H12N4O2/c11-10(12)14-8-3-1-2-7(6-8)9(16)13-4-5-15/h1-3,5-6H,4H2,(H,13,16)(H4,11,12,14). The number of hydrogen-bond acceptors (Lipinski definition) is 3. The average molecular weight is 220 g/mol. The molecule has 6 nitrogen and oxygen atoms in total. The van der Waals surface area contributed by atoms with Gasteiger partial charge < -0.3 is 21.2 Å². The van der Waals surface area contributed by atoms with E-state index >= 15 is 0 Å². The first-order chi connectivity index (χ1) is 7.63. The zero-order chi connectivity index (χ0) is 12.0. The predicted octanol–water partition coefficient (Wildman–Crippen LogP) is -0.0793. The van der Waals surface area contributed by atoms with Gasteiger partial charge in [-0.05, 0) is 18.2 Å². The summed E-state index contributed by atoms with van der Waals surface area (Å²) in [6, 6.07) is 6.48. The Kier molecular flexibility index (Phi) is 4.02. The summed E-state index contributed by atoms with van der Waals surface area (Å²) in [6.45, 7) is -0.0246. The lowest BCUT2D eigenvalue weighted by Crippen LogP contribution is -2.25. The highest BCUT2D eigenvalue weighted by atomic mass is 16.2. The van der Waals surface area contributed by atoms with Gasteiger partial charge in [0.2, 0.25) is 0 Å². The monoisotopic (exact) mass is 220 g/mol. The summed E-state index contributed by atoms with van der Waals surface area (Å²) in [4.78, 5) is 21.5. The molecule has 0 aliphatic rings. The molecule has 84 valence electrons. The van der Waals surface area contributed by atoms with E-state index in [0.29, 0.717) is 17.5 Å². The van der Waals surface area contributed by atoms with Crippen LogP contribution in [0.25, 0.3) is 0 Å². The Morgan fingerprint density at radius 2 is 2.25 bits per heavy atom. The molecule has 6 heteroatoms. The number of benzene rings is 1. The Labute approximate surface area is 92.3 Å². The van der Waals surface area contributed by atoms with Crippen molar-refractivity contribution in [1.82, 2.24) is 5.32 Å². The van der Waals surface area contributed by atoms with Crippen molar-refractivity contribution in [3.63, 3.8) is 0 Å². The van der Waals surface area contributed by atoms with Gasteiger partial charge in [-0.25, -0.2) is 0 Å². The molecule has 0 atom stereocenters. The average Bonchev–Trinajstić information content (AvgIpc) is 2.25. The van der Waals surface area contributed by atoms with E-state index in [9.17, 15) is 9.59 Å². The van der Waals surface area contributed by atoms with Crippen LogP contribution >= 0.6 is 0 Å². The van der Waals surface area contributed by atoms with Crippen molar-refractivity contribution >= 4 is 23.8 Å². The third kappa shape index (κ3) is 3.41. The second-order valence-electron chi connectivity index (χ2n) is 3.00. The summed E-state index contributed by atoms with van der Waals surface area (Å²) < 4.78 is 0. The van der Waals surface area contributed by atoms with Crippen LogP contribution in [0.1, 0.15) is 10.4 Å². The lowest BCUT2D eigenvalue weighted by Gasteiger charge is -2.06. The topological polar surface area (TPSA) is 108 Å². The largest absolute Gasteiger partial charge is 0.370 e. The number of guanidine groups is 1. The van der Waals surface area contributed by atoms with Crippen LogP contribution in [0, 0.1) is 5.41 Å². The molecule has 0 aromatic heterocycles. The van der Waals surface area contributed by atoms with Crippen molar-refractivity contribution in [2.24, 2.45) is 5.73 Å². The van der Waals surface area contributed by atoms with Crippen LogP contribution in [0.2, 0.25) is 0 Å². The lowest BCUT2D eigenvalue weighted by atomic mass is 10.2. The van der Waals surface area contributed by atoms with Gasteiger partial charge in [0.25, 0.3) is 5.91 Å². The second-order valence-corrected chi connectivity index (χ2v) is 3.00. The maximum absolute atomic E-state index is 11.5. The van der Waals surface area contributed by atoms with E-state index in [4.69, 9.17) is 11.1 Å². The second kappa shape index (κ2) is 5.50. The molecule has 0 saturated carbocycles. The summed E-state index contributed by atoms with van der Waals surface area (Å²) in [5.41, 5.74) is 6.10. The van der Waals surface area contributed by atoms with Crippen LogP contribution < -0.4 is 16.4 Å². The van der Waals surface area contributed by atoms with Gasteiger partial charge in [-0.3, -0.25) is 10.2 Å². The lowest BCUT2D eigenvalue weighted by molar-refractivity contribution is -0.107. The molecule has 0 aliphatic carbocycles. The maximum Gasteiger partial charge on any atom is 0.251 e. The van der Waals surface area contributed by atoms with Crippen molar-refractivity contribution in [2.45, 2.75) is 0 Å². The van der Waals surface area contributed by atoms with E-state index < -0.39 is 0 Å². The van der Waals surface area contributed by atoms with Crippen molar-refractivity contribution < 1.29 is 9.59 Å². The number of nitrogens with one attached hydrogen (secondary N) is 3. The molecule has 0 aliphatic heterocycles. The van der Waals surface area contributed by atoms with Crippen molar-refractivity contribution in [3.05, 3.63) is 29.8 Å². The summed E-state index contributed by atoms with van der Waals surface area (Å²) >= 11 is 0. The van der Waals surface area contributed by atoms with Gasteiger partial charge in [-0.15, -0.1) is 0 Å². The van der Waals surface area contributed by atoms with Gasteiger partial charge in [0.15, 0.2) is 5.96 Å². The molecule has 1 aromatic rings. The molecular formula is C10H12N4O2. The van der Waals surface area contributed by atoms with E-state index in [1.165, 1.54) is 0 Å². The van der Waals surface area contributed by atoms with Crippen molar-refractivity contribution in [2.75, 3.05) is 11.9 Å². The fraction of sp³-hybridized carbons (Fsp3) is 0.100. The van der Waals surface area contributed by atoms with E-state index in [1.807, 2.05) is 0 Å². The minimum atomic E-state index is -0.348.